The highest BCUT2D eigenvalue weighted by Gasteiger charge is 2.36. The highest BCUT2D eigenvalue weighted by molar-refractivity contribution is 6.26. The van der Waals surface area contributed by atoms with Gasteiger partial charge in [-0.3, -0.25) is 0 Å². The summed E-state index contributed by atoms with van der Waals surface area (Å²) in [6, 6.07) is 54.3. The second-order valence-corrected chi connectivity index (χ2v) is 14.8. The van der Waals surface area contributed by atoms with E-state index in [1.165, 1.54) is 60.1 Å². The molecule has 5 nitrogen and oxygen atoms in total. The van der Waals surface area contributed by atoms with Crippen LogP contribution in [0.15, 0.2) is 152 Å². The molecular weight excluding hydrogens is 647 g/mol. The van der Waals surface area contributed by atoms with Crippen molar-refractivity contribution in [2.75, 3.05) is 0 Å². The van der Waals surface area contributed by atoms with Crippen LogP contribution in [0.4, 0.5) is 0 Å². The van der Waals surface area contributed by atoms with Crippen LogP contribution in [-0.2, 0) is 5.41 Å². The molecule has 0 radical (unpaired) electrons. The number of fused-ring (bicyclic) bond motifs is 8. The largest absolute Gasteiger partial charge is 0.306 e. The zero-order valence-electron chi connectivity index (χ0n) is 29.2. The summed E-state index contributed by atoms with van der Waals surface area (Å²) in [5.74, 6) is 1.95. The van der Waals surface area contributed by atoms with Gasteiger partial charge in [0.05, 0.1) is 33.1 Å². The van der Waals surface area contributed by atoms with Gasteiger partial charge in [-0.15, -0.1) is 0 Å². The van der Waals surface area contributed by atoms with Gasteiger partial charge in [-0.2, -0.15) is 0 Å². The number of para-hydroxylation sites is 3. The van der Waals surface area contributed by atoms with Crippen molar-refractivity contribution in [3.05, 3.63) is 163 Å². The molecule has 7 aromatic carbocycles. The summed E-state index contributed by atoms with van der Waals surface area (Å²) < 4.78 is 5.05. The van der Waals surface area contributed by atoms with Crippen LogP contribution < -0.4 is 0 Å². The summed E-state index contributed by atoms with van der Waals surface area (Å²) in [7, 11) is 0. The molecule has 0 N–H and O–H groups in total. The summed E-state index contributed by atoms with van der Waals surface area (Å²) in [6.07, 6.45) is 0. The Morgan fingerprint density at radius 2 is 0.925 bits per heavy atom. The number of hydrogen-bond donors (Lipinski definition) is 0. The zero-order valence-corrected chi connectivity index (χ0v) is 29.2. The van der Waals surface area contributed by atoms with E-state index in [2.05, 4.69) is 138 Å². The molecule has 12 rings (SSSR count). The Kier molecular flexibility index (Phi) is 5.51. The van der Waals surface area contributed by atoms with Crippen molar-refractivity contribution in [1.29, 1.82) is 0 Å². The molecule has 0 bridgehead atoms. The first-order valence-corrected chi connectivity index (χ1v) is 18.2. The fraction of sp³-hybridized carbons (Fsp3) is 0.0625. The molecule has 1 aliphatic rings. The van der Waals surface area contributed by atoms with E-state index >= 15 is 0 Å². The second-order valence-electron chi connectivity index (χ2n) is 14.8. The lowest BCUT2D eigenvalue weighted by atomic mass is 9.82. The van der Waals surface area contributed by atoms with Gasteiger partial charge in [0.15, 0.2) is 17.5 Å². The molecule has 4 heterocycles. The SMILES string of the molecule is CC1(C)c2cccc3c2c2c1ccc1c4ccccc4n(c4cccc5c6cccc(-c7nc(-c8ccccc8)nc(-c8ccccc8)n7)c6n3c54)c12. The van der Waals surface area contributed by atoms with E-state index in [1.807, 2.05) is 36.4 Å². The number of benzene rings is 7. The van der Waals surface area contributed by atoms with Crippen molar-refractivity contribution in [1.82, 2.24) is 23.8 Å². The van der Waals surface area contributed by atoms with E-state index in [-0.39, 0.29) is 5.41 Å². The minimum atomic E-state index is -0.180. The molecule has 0 amide bonds. The van der Waals surface area contributed by atoms with Gasteiger partial charge in [0.2, 0.25) is 0 Å². The van der Waals surface area contributed by atoms with Gasteiger partial charge in [0.1, 0.15) is 0 Å². The smallest absolute Gasteiger partial charge is 0.166 e. The first-order valence-electron chi connectivity index (χ1n) is 18.2. The monoisotopic (exact) mass is 677 g/mol. The molecular formula is C48H31N5. The minimum absolute atomic E-state index is 0.180. The number of aromatic nitrogens is 5. The van der Waals surface area contributed by atoms with Gasteiger partial charge in [0.25, 0.3) is 0 Å². The Morgan fingerprint density at radius 3 is 1.68 bits per heavy atom. The molecule has 0 fully saturated rings. The van der Waals surface area contributed by atoms with Crippen molar-refractivity contribution in [2.24, 2.45) is 0 Å². The Labute approximate surface area is 304 Å². The van der Waals surface area contributed by atoms with E-state index in [4.69, 9.17) is 15.0 Å². The van der Waals surface area contributed by atoms with Crippen LogP contribution in [0.25, 0.3) is 99.6 Å². The average molecular weight is 678 g/mol. The Hall–Kier alpha value is -6.85. The number of hydrogen-bond acceptors (Lipinski definition) is 3. The van der Waals surface area contributed by atoms with E-state index in [0.29, 0.717) is 17.5 Å². The highest BCUT2D eigenvalue weighted by Crippen LogP contribution is 2.51. The van der Waals surface area contributed by atoms with Crippen LogP contribution >= 0.6 is 0 Å². The number of nitrogens with zero attached hydrogens (tertiary/aromatic N) is 5. The summed E-state index contributed by atoms with van der Waals surface area (Å²) in [5.41, 5.74) is 12.5. The maximum absolute atomic E-state index is 5.24. The third kappa shape index (κ3) is 3.68. The molecule has 53 heavy (non-hydrogen) atoms. The normalized spacial score (nSPS) is 13.6. The topological polar surface area (TPSA) is 47.5 Å². The maximum Gasteiger partial charge on any atom is 0.166 e. The van der Waals surface area contributed by atoms with Gasteiger partial charge in [-0.1, -0.05) is 141 Å². The van der Waals surface area contributed by atoms with Crippen LogP contribution in [0, 0.1) is 0 Å². The predicted octanol–water partition coefficient (Wildman–Crippen LogP) is 11.8. The van der Waals surface area contributed by atoms with Crippen molar-refractivity contribution in [3.8, 4) is 34.2 Å². The van der Waals surface area contributed by atoms with Crippen molar-refractivity contribution in [2.45, 2.75) is 19.3 Å². The van der Waals surface area contributed by atoms with Crippen LogP contribution in [0.3, 0.4) is 0 Å². The quantitative estimate of drug-likeness (QED) is 0.187. The molecule has 248 valence electrons. The van der Waals surface area contributed by atoms with E-state index in [0.717, 1.165) is 33.1 Å². The first-order chi connectivity index (χ1) is 26.1. The van der Waals surface area contributed by atoms with Crippen molar-refractivity contribution in [3.63, 3.8) is 0 Å². The fourth-order valence-electron chi connectivity index (χ4n) is 9.36. The molecule has 0 atom stereocenters. The summed E-state index contributed by atoms with van der Waals surface area (Å²) in [4.78, 5) is 15.5. The van der Waals surface area contributed by atoms with Gasteiger partial charge in [-0.25, -0.2) is 15.0 Å². The number of rotatable bonds is 3. The molecule has 0 saturated heterocycles. The van der Waals surface area contributed by atoms with Crippen LogP contribution in [0.2, 0.25) is 0 Å². The lowest BCUT2D eigenvalue weighted by Gasteiger charge is -2.22. The van der Waals surface area contributed by atoms with E-state index in [9.17, 15) is 0 Å². The summed E-state index contributed by atoms with van der Waals surface area (Å²) >= 11 is 0. The molecule has 1 aliphatic carbocycles. The third-order valence-corrected chi connectivity index (χ3v) is 11.7. The van der Waals surface area contributed by atoms with E-state index < -0.39 is 0 Å². The lowest BCUT2D eigenvalue weighted by Crippen LogP contribution is -2.15. The third-order valence-electron chi connectivity index (χ3n) is 11.7. The van der Waals surface area contributed by atoms with Crippen LogP contribution in [0.1, 0.15) is 25.0 Å². The Bertz CT molecular complexity index is 3300. The summed E-state index contributed by atoms with van der Waals surface area (Å²) in [5, 5.41) is 7.54. The molecule has 0 aliphatic heterocycles. The predicted molar refractivity (Wildman–Crippen MR) is 218 cm³/mol. The highest BCUT2D eigenvalue weighted by atomic mass is 15.0. The molecule has 0 saturated carbocycles. The van der Waals surface area contributed by atoms with Gasteiger partial charge >= 0.3 is 0 Å². The van der Waals surface area contributed by atoms with E-state index in [1.54, 1.807) is 0 Å². The average Bonchev–Trinajstić information content (AvgIpc) is 3.81. The molecule has 4 aromatic heterocycles. The van der Waals surface area contributed by atoms with Gasteiger partial charge in [0, 0.05) is 54.4 Å². The Morgan fingerprint density at radius 1 is 0.377 bits per heavy atom. The maximum atomic E-state index is 5.24. The van der Waals surface area contributed by atoms with Crippen molar-refractivity contribution >= 4 is 65.4 Å². The van der Waals surface area contributed by atoms with Crippen LogP contribution in [-0.4, -0.2) is 23.8 Å². The zero-order chi connectivity index (χ0) is 35.0. The lowest BCUT2D eigenvalue weighted by molar-refractivity contribution is 0.663. The van der Waals surface area contributed by atoms with Crippen molar-refractivity contribution < 1.29 is 0 Å². The minimum Gasteiger partial charge on any atom is -0.306 e. The summed E-state index contributed by atoms with van der Waals surface area (Å²) in [6.45, 7) is 4.75. The molecule has 5 heteroatoms. The standard InChI is InChI=1S/C48H31N5/c1-48(2)35-22-13-24-38-40(35)41-36(48)27-26-33-30-18-9-10-23-37(30)52(44(33)41)39-25-12-20-32-31-19-11-21-34(42(31)53(38)43(32)39)47-50-45(28-14-5-3-6-15-28)49-46(51-47)29-16-7-4-8-17-29/h3-27H,1-2H3. The second kappa shape index (κ2) is 10.1. The molecule has 11 aromatic rings. The van der Waals surface area contributed by atoms with Crippen LogP contribution in [0.5, 0.6) is 0 Å². The molecule has 0 spiro atoms. The fourth-order valence-corrected chi connectivity index (χ4v) is 9.36. The van der Waals surface area contributed by atoms with Gasteiger partial charge < -0.3 is 8.80 Å². The molecule has 0 unspecified atom stereocenters. The van der Waals surface area contributed by atoms with Gasteiger partial charge in [-0.05, 0) is 35.4 Å². The first kappa shape index (κ1) is 28.8. The Balaban J connectivity index is 1.34.